The van der Waals surface area contributed by atoms with Crippen molar-refractivity contribution in [2.24, 2.45) is 11.7 Å². The van der Waals surface area contributed by atoms with Crippen LogP contribution in [0.15, 0.2) is 24.3 Å². The largest absolute Gasteiger partial charge is 0.481 e. The lowest BCUT2D eigenvalue weighted by Gasteiger charge is -2.21. The van der Waals surface area contributed by atoms with Crippen molar-refractivity contribution in [3.8, 4) is 0 Å². The molecule has 0 spiro atoms. The lowest BCUT2D eigenvalue weighted by Crippen LogP contribution is -2.32. The van der Waals surface area contributed by atoms with E-state index < -0.39 is 5.97 Å². The zero-order valence-corrected chi connectivity index (χ0v) is 12.1. The number of hydrogen-bond acceptors (Lipinski definition) is 2. The smallest absolute Gasteiger partial charge is 0.304 e. The van der Waals surface area contributed by atoms with Crippen LogP contribution in [-0.2, 0) is 11.2 Å². The monoisotopic (exact) mass is 283 g/mol. The van der Waals surface area contributed by atoms with Crippen molar-refractivity contribution in [1.82, 2.24) is 0 Å². The van der Waals surface area contributed by atoms with Crippen LogP contribution in [0.1, 0.15) is 38.2 Å². The van der Waals surface area contributed by atoms with Crippen LogP contribution in [0.25, 0.3) is 0 Å². The highest BCUT2D eigenvalue weighted by molar-refractivity contribution is 6.31. The van der Waals surface area contributed by atoms with Gasteiger partial charge in [-0.15, -0.1) is 0 Å². The molecule has 2 atom stereocenters. The maximum absolute atomic E-state index is 10.7. The SMILES string of the molecule is CCC(CCCc1ccccc1Cl)C(N)CC(=O)O. The van der Waals surface area contributed by atoms with Gasteiger partial charge in [-0.3, -0.25) is 4.79 Å². The summed E-state index contributed by atoms with van der Waals surface area (Å²) in [5.41, 5.74) is 7.08. The van der Waals surface area contributed by atoms with E-state index in [1.807, 2.05) is 24.3 Å². The van der Waals surface area contributed by atoms with Crippen LogP contribution >= 0.6 is 11.6 Å². The average Bonchev–Trinajstić information content (AvgIpc) is 2.35. The molecule has 1 aromatic carbocycles. The first-order valence-electron chi connectivity index (χ1n) is 6.75. The number of hydrogen-bond donors (Lipinski definition) is 2. The first kappa shape index (κ1) is 16.0. The van der Waals surface area contributed by atoms with Crippen LogP contribution in [0.4, 0.5) is 0 Å². The van der Waals surface area contributed by atoms with Gasteiger partial charge in [0, 0.05) is 11.1 Å². The van der Waals surface area contributed by atoms with Gasteiger partial charge < -0.3 is 10.8 Å². The summed E-state index contributed by atoms with van der Waals surface area (Å²) in [7, 11) is 0. The highest BCUT2D eigenvalue weighted by atomic mass is 35.5. The third kappa shape index (κ3) is 5.62. The van der Waals surface area contributed by atoms with E-state index in [1.165, 1.54) is 0 Å². The summed E-state index contributed by atoms with van der Waals surface area (Å²) in [4.78, 5) is 10.7. The average molecular weight is 284 g/mol. The molecule has 0 aromatic heterocycles. The van der Waals surface area contributed by atoms with Crippen molar-refractivity contribution in [2.75, 3.05) is 0 Å². The molecule has 0 bridgehead atoms. The molecule has 0 aliphatic rings. The molecule has 4 heteroatoms. The molecule has 0 radical (unpaired) electrons. The highest BCUT2D eigenvalue weighted by Gasteiger charge is 2.18. The fourth-order valence-electron chi connectivity index (χ4n) is 2.35. The molecular formula is C15H22ClNO2. The van der Waals surface area contributed by atoms with E-state index in [1.54, 1.807) is 0 Å². The van der Waals surface area contributed by atoms with Gasteiger partial charge in [-0.2, -0.15) is 0 Å². The molecule has 0 saturated carbocycles. The lowest BCUT2D eigenvalue weighted by atomic mass is 9.89. The van der Waals surface area contributed by atoms with E-state index in [0.717, 1.165) is 36.3 Å². The summed E-state index contributed by atoms with van der Waals surface area (Å²) in [6.45, 7) is 2.06. The second-order valence-electron chi connectivity index (χ2n) is 4.91. The Morgan fingerprint density at radius 2 is 2.11 bits per heavy atom. The number of aryl methyl sites for hydroxylation is 1. The molecule has 0 fully saturated rings. The Balaban J connectivity index is 2.42. The Labute approximate surface area is 119 Å². The number of carboxylic acids is 1. The normalized spacial score (nSPS) is 14.1. The Hall–Kier alpha value is -1.06. The van der Waals surface area contributed by atoms with Gasteiger partial charge in [0.15, 0.2) is 0 Å². The lowest BCUT2D eigenvalue weighted by molar-refractivity contribution is -0.137. The van der Waals surface area contributed by atoms with Crippen molar-refractivity contribution < 1.29 is 9.90 Å². The summed E-state index contributed by atoms with van der Waals surface area (Å²) in [6, 6.07) is 7.57. The van der Waals surface area contributed by atoms with Crippen molar-refractivity contribution >= 4 is 17.6 Å². The van der Waals surface area contributed by atoms with Crippen LogP contribution in [0.3, 0.4) is 0 Å². The first-order valence-corrected chi connectivity index (χ1v) is 7.13. The molecular weight excluding hydrogens is 262 g/mol. The molecule has 2 unspecified atom stereocenters. The fraction of sp³-hybridized carbons (Fsp3) is 0.533. The molecule has 0 aliphatic heterocycles. The van der Waals surface area contributed by atoms with Gasteiger partial charge in [-0.25, -0.2) is 0 Å². The van der Waals surface area contributed by atoms with Gasteiger partial charge >= 0.3 is 5.97 Å². The molecule has 3 N–H and O–H groups in total. The second-order valence-corrected chi connectivity index (χ2v) is 5.32. The number of aliphatic carboxylic acids is 1. The number of carboxylic acid groups (broad SMARTS) is 1. The first-order chi connectivity index (χ1) is 9.04. The standard InChI is InChI=1S/C15H22ClNO2/c1-2-11(14(17)10-15(18)19)7-5-8-12-6-3-4-9-13(12)16/h3-4,6,9,11,14H,2,5,7-8,10,17H2,1H3,(H,18,19). The molecule has 0 amide bonds. The minimum atomic E-state index is -0.822. The predicted octanol–water partition coefficient (Wildman–Crippen LogP) is 3.49. The van der Waals surface area contributed by atoms with Gasteiger partial charge in [0.05, 0.1) is 6.42 Å². The van der Waals surface area contributed by atoms with Gasteiger partial charge in [0.25, 0.3) is 0 Å². The van der Waals surface area contributed by atoms with E-state index in [9.17, 15) is 4.79 Å². The van der Waals surface area contributed by atoms with Crippen molar-refractivity contribution in [2.45, 2.75) is 45.1 Å². The summed E-state index contributed by atoms with van der Waals surface area (Å²) < 4.78 is 0. The van der Waals surface area contributed by atoms with Crippen molar-refractivity contribution in [1.29, 1.82) is 0 Å². The van der Waals surface area contributed by atoms with Gasteiger partial charge in [-0.05, 0) is 36.8 Å². The summed E-state index contributed by atoms with van der Waals surface area (Å²) >= 11 is 6.10. The number of halogens is 1. The maximum Gasteiger partial charge on any atom is 0.304 e. The molecule has 3 nitrogen and oxygen atoms in total. The van der Waals surface area contributed by atoms with E-state index in [-0.39, 0.29) is 18.4 Å². The molecule has 19 heavy (non-hydrogen) atoms. The third-order valence-corrected chi connectivity index (χ3v) is 3.89. The summed E-state index contributed by atoms with van der Waals surface area (Å²) in [5, 5.41) is 9.57. The van der Waals surface area contributed by atoms with Crippen LogP contribution in [-0.4, -0.2) is 17.1 Å². The van der Waals surface area contributed by atoms with Gasteiger partial charge in [0.1, 0.15) is 0 Å². The topological polar surface area (TPSA) is 63.3 Å². The minimum absolute atomic E-state index is 0.0462. The molecule has 1 rings (SSSR count). The molecule has 0 saturated heterocycles. The van der Waals surface area contributed by atoms with Gasteiger partial charge in [-0.1, -0.05) is 43.1 Å². The van der Waals surface area contributed by atoms with E-state index in [2.05, 4.69) is 6.92 Å². The van der Waals surface area contributed by atoms with Crippen LogP contribution < -0.4 is 5.73 Å². The summed E-state index contributed by atoms with van der Waals surface area (Å²) in [6.07, 6.45) is 3.79. The second kappa shape index (κ2) is 8.18. The number of rotatable bonds is 8. The van der Waals surface area contributed by atoms with Gasteiger partial charge in [0.2, 0.25) is 0 Å². The van der Waals surface area contributed by atoms with E-state index in [4.69, 9.17) is 22.4 Å². The van der Waals surface area contributed by atoms with Crippen LogP contribution in [0.2, 0.25) is 5.02 Å². The molecule has 106 valence electrons. The Kier molecular flexibility index (Phi) is 6.89. The Bertz CT molecular complexity index is 409. The number of carbonyl (C=O) groups is 1. The van der Waals surface area contributed by atoms with Crippen LogP contribution in [0, 0.1) is 5.92 Å². The van der Waals surface area contributed by atoms with Crippen LogP contribution in [0.5, 0.6) is 0 Å². The summed E-state index contributed by atoms with van der Waals surface area (Å²) in [5.74, 6) is -0.560. The molecule has 0 aliphatic carbocycles. The minimum Gasteiger partial charge on any atom is -0.481 e. The number of nitrogens with two attached hydrogens (primary N) is 1. The quantitative estimate of drug-likeness (QED) is 0.767. The van der Waals surface area contributed by atoms with Crippen molar-refractivity contribution in [3.05, 3.63) is 34.9 Å². The third-order valence-electron chi connectivity index (χ3n) is 3.52. The predicted molar refractivity (Wildman–Crippen MR) is 78.4 cm³/mol. The zero-order chi connectivity index (χ0) is 14.3. The number of benzene rings is 1. The molecule has 1 aromatic rings. The molecule has 0 heterocycles. The van der Waals surface area contributed by atoms with E-state index in [0.29, 0.717) is 0 Å². The van der Waals surface area contributed by atoms with Crippen molar-refractivity contribution in [3.63, 3.8) is 0 Å². The Morgan fingerprint density at radius 3 is 2.68 bits per heavy atom. The fourth-order valence-corrected chi connectivity index (χ4v) is 2.58. The maximum atomic E-state index is 10.7. The van der Waals surface area contributed by atoms with E-state index >= 15 is 0 Å². The Morgan fingerprint density at radius 1 is 1.42 bits per heavy atom. The highest BCUT2D eigenvalue weighted by Crippen LogP contribution is 2.21. The zero-order valence-electron chi connectivity index (χ0n) is 11.3.